The van der Waals surface area contributed by atoms with E-state index in [1.54, 1.807) is 0 Å². The summed E-state index contributed by atoms with van der Waals surface area (Å²) in [6.07, 6.45) is 6.95. The fourth-order valence-corrected chi connectivity index (χ4v) is 4.52. The Balaban J connectivity index is 1.40. The Labute approximate surface area is 165 Å². The van der Waals surface area contributed by atoms with Gasteiger partial charge in [0, 0.05) is 35.8 Å². The Morgan fingerprint density at radius 2 is 1.86 bits per heavy atom. The minimum atomic E-state index is 0.355. The number of benzene rings is 1. The second-order valence-electron chi connectivity index (χ2n) is 7.92. The lowest BCUT2D eigenvalue weighted by Crippen LogP contribution is -2.36. The van der Waals surface area contributed by atoms with Crippen molar-refractivity contribution in [3.05, 3.63) is 53.2 Å². The first-order valence-electron chi connectivity index (χ1n) is 10.4. The minimum absolute atomic E-state index is 0.355. The number of piperidine rings is 1. The smallest absolute Gasteiger partial charge is 0.181 e. The van der Waals surface area contributed by atoms with E-state index in [1.807, 2.05) is 25.1 Å². The number of aromatic amines is 1. The van der Waals surface area contributed by atoms with Crippen molar-refractivity contribution in [1.29, 1.82) is 0 Å². The topological polar surface area (TPSA) is 70.6 Å². The quantitative estimate of drug-likeness (QED) is 0.754. The summed E-state index contributed by atoms with van der Waals surface area (Å²) in [6.45, 7) is 4.01. The highest BCUT2D eigenvalue weighted by Gasteiger charge is 2.28. The molecule has 5 rings (SSSR count). The van der Waals surface area contributed by atoms with E-state index in [0.717, 1.165) is 67.6 Å². The van der Waals surface area contributed by atoms with E-state index < -0.39 is 0 Å². The van der Waals surface area contributed by atoms with Crippen LogP contribution in [0.1, 0.15) is 54.5 Å². The molecular weight excluding hydrogens is 348 g/mol. The maximum Gasteiger partial charge on any atom is 0.181 e. The molecule has 28 heavy (non-hydrogen) atoms. The maximum absolute atomic E-state index is 4.86. The van der Waals surface area contributed by atoms with Crippen molar-refractivity contribution in [2.24, 2.45) is 0 Å². The van der Waals surface area contributed by atoms with Gasteiger partial charge < -0.3 is 4.90 Å². The molecular formula is C22H26N6. The molecule has 0 amide bonds. The van der Waals surface area contributed by atoms with Gasteiger partial charge >= 0.3 is 0 Å². The minimum Gasteiger partial charge on any atom is -0.356 e. The van der Waals surface area contributed by atoms with Gasteiger partial charge in [-0.05, 0) is 45.4 Å². The molecule has 2 aliphatic rings. The van der Waals surface area contributed by atoms with Crippen LogP contribution in [0.4, 0.5) is 5.82 Å². The van der Waals surface area contributed by atoms with Gasteiger partial charge in [-0.2, -0.15) is 5.10 Å². The molecule has 1 aromatic carbocycles. The summed E-state index contributed by atoms with van der Waals surface area (Å²) in [7, 11) is 0. The largest absolute Gasteiger partial charge is 0.356 e. The molecule has 3 heterocycles. The number of hydrogen-bond donors (Lipinski definition) is 1. The Morgan fingerprint density at radius 1 is 1.00 bits per heavy atom. The monoisotopic (exact) mass is 374 g/mol. The van der Waals surface area contributed by atoms with E-state index in [9.17, 15) is 0 Å². The fourth-order valence-electron chi connectivity index (χ4n) is 4.52. The van der Waals surface area contributed by atoms with Crippen LogP contribution in [0, 0.1) is 6.92 Å². The van der Waals surface area contributed by atoms with Gasteiger partial charge in [0.25, 0.3) is 0 Å². The number of aryl methyl sites for hydroxylation is 2. The molecule has 3 aromatic rings. The van der Waals surface area contributed by atoms with E-state index in [1.165, 1.54) is 24.1 Å². The van der Waals surface area contributed by atoms with Gasteiger partial charge in [0.15, 0.2) is 5.82 Å². The van der Waals surface area contributed by atoms with Crippen LogP contribution in [-0.4, -0.2) is 38.2 Å². The third-order valence-electron chi connectivity index (χ3n) is 5.92. The molecule has 0 saturated carbocycles. The number of anilines is 1. The summed E-state index contributed by atoms with van der Waals surface area (Å²) in [4.78, 5) is 16.8. The normalized spacial score (nSPS) is 19.5. The van der Waals surface area contributed by atoms with Gasteiger partial charge in [0.1, 0.15) is 17.5 Å². The van der Waals surface area contributed by atoms with Gasteiger partial charge in [-0.1, -0.05) is 30.3 Å². The molecule has 6 nitrogen and oxygen atoms in total. The number of nitrogens with one attached hydrogen (secondary N) is 1. The van der Waals surface area contributed by atoms with Crippen molar-refractivity contribution in [1.82, 2.24) is 25.1 Å². The lowest BCUT2D eigenvalue weighted by atomic mass is 9.93. The Morgan fingerprint density at radius 3 is 2.75 bits per heavy atom. The number of fused-ring (bicyclic) bond motifs is 1. The van der Waals surface area contributed by atoms with Crippen LogP contribution < -0.4 is 4.90 Å². The van der Waals surface area contributed by atoms with Crippen LogP contribution in [-0.2, 0) is 12.8 Å². The van der Waals surface area contributed by atoms with Gasteiger partial charge in [0.05, 0.1) is 0 Å². The fraction of sp³-hybridized carbons (Fsp3) is 0.455. The predicted molar refractivity (Wildman–Crippen MR) is 109 cm³/mol. The zero-order valence-corrected chi connectivity index (χ0v) is 16.4. The van der Waals surface area contributed by atoms with E-state index in [-0.39, 0.29) is 0 Å². The molecule has 0 bridgehead atoms. The summed E-state index contributed by atoms with van der Waals surface area (Å²) >= 11 is 0. The van der Waals surface area contributed by atoms with Gasteiger partial charge in [-0.3, -0.25) is 5.10 Å². The summed E-state index contributed by atoms with van der Waals surface area (Å²) in [5.41, 5.74) is 3.69. The third-order valence-corrected chi connectivity index (χ3v) is 5.92. The van der Waals surface area contributed by atoms with Crippen LogP contribution >= 0.6 is 0 Å². The average molecular weight is 374 g/mol. The maximum atomic E-state index is 4.86. The summed E-state index contributed by atoms with van der Waals surface area (Å²) in [5, 5.41) is 7.66. The number of hydrogen-bond acceptors (Lipinski definition) is 5. The lowest BCUT2D eigenvalue weighted by Gasteiger charge is -2.35. The number of rotatable bonds is 3. The number of nitrogens with zero attached hydrogens (tertiary/aromatic N) is 5. The summed E-state index contributed by atoms with van der Waals surface area (Å²) < 4.78 is 0. The Bertz CT molecular complexity index is 964. The van der Waals surface area contributed by atoms with Crippen LogP contribution in [0.3, 0.4) is 0 Å². The van der Waals surface area contributed by atoms with E-state index >= 15 is 0 Å². The standard InChI is InChI=1S/C22H26N6/c1-15-23-19-12-6-5-11-18(19)22(24-15)28-13-7-10-17(14-28)21-25-20(26-27-21)16-8-3-2-4-9-16/h2-4,8-9,17H,5-7,10-14H2,1H3,(H,25,26,27). The molecule has 1 atom stereocenters. The van der Waals surface area contributed by atoms with E-state index in [2.05, 4.69) is 27.2 Å². The zero-order valence-electron chi connectivity index (χ0n) is 16.4. The first kappa shape index (κ1) is 17.3. The number of H-pyrrole nitrogens is 1. The highest BCUT2D eigenvalue weighted by Crippen LogP contribution is 2.33. The first-order chi connectivity index (χ1) is 13.8. The SMILES string of the molecule is Cc1nc2c(c(N3CCCC(c4nc(-c5ccccc5)n[nH]4)C3)n1)CCCC2. The molecule has 1 N–H and O–H groups in total. The van der Waals surface area contributed by atoms with Gasteiger partial charge in [-0.15, -0.1) is 0 Å². The van der Waals surface area contributed by atoms with Crippen molar-refractivity contribution in [2.75, 3.05) is 18.0 Å². The molecule has 2 aromatic heterocycles. The lowest BCUT2D eigenvalue weighted by molar-refractivity contribution is 0.486. The third kappa shape index (κ3) is 3.28. The molecule has 144 valence electrons. The van der Waals surface area contributed by atoms with Crippen LogP contribution in [0.2, 0.25) is 0 Å². The average Bonchev–Trinajstić information content (AvgIpc) is 3.24. The molecule has 1 aliphatic carbocycles. The Kier molecular flexibility index (Phi) is 4.55. The van der Waals surface area contributed by atoms with E-state index in [0.29, 0.717) is 5.92 Å². The highest BCUT2D eigenvalue weighted by molar-refractivity contribution is 5.54. The van der Waals surface area contributed by atoms with Crippen LogP contribution in [0.25, 0.3) is 11.4 Å². The van der Waals surface area contributed by atoms with Crippen molar-refractivity contribution >= 4 is 5.82 Å². The second-order valence-corrected chi connectivity index (χ2v) is 7.92. The van der Waals surface area contributed by atoms with Gasteiger partial charge in [0.2, 0.25) is 0 Å². The predicted octanol–water partition coefficient (Wildman–Crippen LogP) is 3.83. The first-order valence-corrected chi connectivity index (χ1v) is 10.4. The van der Waals surface area contributed by atoms with Crippen LogP contribution in [0.15, 0.2) is 30.3 Å². The Hall–Kier alpha value is -2.76. The van der Waals surface area contributed by atoms with Crippen molar-refractivity contribution < 1.29 is 0 Å². The van der Waals surface area contributed by atoms with Crippen molar-refractivity contribution in [3.63, 3.8) is 0 Å². The molecule has 1 saturated heterocycles. The zero-order chi connectivity index (χ0) is 18.9. The number of aromatic nitrogens is 5. The second kappa shape index (κ2) is 7.34. The molecule has 1 aliphatic heterocycles. The van der Waals surface area contributed by atoms with Gasteiger partial charge in [-0.25, -0.2) is 15.0 Å². The molecule has 1 unspecified atom stereocenters. The van der Waals surface area contributed by atoms with Crippen LogP contribution in [0.5, 0.6) is 0 Å². The molecule has 0 radical (unpaired) electrons. The van der Waals surface area contributed by atoms with Crippen molar-refractivity contribution in [3.8, 4) is 11.4 Å². The summed E-state index contributed by atoms with van der Waals surface area (Å²) in [5.74, 6) is 4.18. The van der Waals surface area contributed by atoms with Crippen molar-refractivity contribution in [2.45, 2.75) is 51.4 Å². The summed E-state index contributed by atoms with van der Waals surface area (Å²) in [6, 6.07) is 10.2. The molecule has 6 heteroatoms. The highest BCUT2D eigenvalue weighted by atomic mass is 15.2. The molecule has 1 fully saturated rings. The van der Waals surface area contributed by atoms with E-state index in [4.69, 9.17) is 15.0 Å². The molecule has 0 spiro atoms.